The summed E-state index contributed by atoms with van der Waals surface area (Å²) in [6.45, 7) is 4.64. The molecule has 0 spiro atoms. The van der Waals surface area contributed by atoms with E-state index in [9.17, 15) is 9.59 Å². The van der Waals surface area contributed by atoms with Crippen molar-refractivity contribution in [1.29, 1.82) is 0 Å². The summed E-state index contributed by atoms with van der Waals surface area (Å²) in [7, 11) is 0. The fourth-order valence-corrected chi connectivity index (χ4v) is 2.44. The highest BCUT2D eigenvalue weighted by Crippen LogP contribution is 2.34. The Morgan fingerprint density at radius 1 is 1.50 bits per heavy atom. The zero-order valence-corrected chi connectivity index (χ0v) is 12.0. The molecule has 1 aromatic rings. The first-order chi connectivity index (χ1) is 8.36. The number of fused-ring (bicyclic) bond motifs is 1. The molecule has 1 aromatic carbocycles. The van der Waals surface area contributed by atoms with Crippen molar-refractivity contribution in [3.63, 3.8) is 0 Å². The highest BCUT2D eigenvalue weighted by atomic mass is 79.9. The second kappa shape index (κ2) is 4.48. The van der Waals surface area contributed by atoms with Gasteiger partial charge in [0, 0.05) is 27.9 Å². The number of benzene rings is 1. The highest BCUT2D eigenvalue weighted by Gasteiger charge is 2.32. The summed E-state index contributed by atoms with van der Waals surface area (Å²) in [5.74, 6) is -0.199. The van der Waals surface area contributed by atoms with Crippen LogP contribution in [-0.4, -0.2) is 17.3 Å². The Kier molecular flexibility index (Phi) is 3.29. The smallest absolute Gasteiger partial charge is 0.300 e. The minimum atomic E-state index is -0.419. The monoisotopic (exact) mass is 310 g/mol. The number of hydrogen-bond donors (Lipinski definition) is 1. The van der Waals surface area contributed by atoms with Crippen molar-refractivity contribution in [1.82, 2.24) is 0 Å². The van der Waals surface area contributed by atoms with Gasteiger partial charge in [-0.25, -0.2) is 4.90 Å². The number of hydrogen-bond acceptors (Lipinski definition) is 3. The standard InChI is InChI=1S/C13H15BrN2O2/c1-13(2,7-15)9-3-4-10-8(5-9)6-11(17)16(10)12(14)18/h3-5H,6-7,15H2,1-2H3. The molecule has 0 unspecified atom stereocenters. The maximum absolute atomic E-state index is 11.8. The van der Waals surface area contributed by atoms with Gasteiger partial charge in [-0.2, -0.15) is 0 Å². The SMILES string of the molecule is CC(C)(CN)c1ccc2c(c1)CC(=O)N2C(=O)Br. The third kappa shape index (κ3) is 2.08. The maximum Gasteiger partial charge on any atom is 0.300 e. The van der Waals surface area contributed by atoms with E-state index in [1.165, 1.54) is 0 Å². The zero-order chi connectivity index (χ0) is 13.5. The summed E-state index contributed by atoms with van der Waals surface area (Å²) in [5, 5.41) is 0. The largest absolute Gasteiger partial charge is 0.330 e. The number of imide groups is 1. The number of nitrogens with zero attached hydrogens (tertiary/aromatic N) is 1. The minimum Gasteiger partial charge on any atom is -0.330 e. The van der Waals surface area contributed by atoms with E-state index in [2.05, 4.69) is 29.8 Å². The van der Waals surface area contributed by atoms with Crippen LogP contribution in [0.2, 0.25) is 0 Å². The lowest BCUT2D eigenvalue weighted by Crippen LogP contribution is -2.29. The number of amides is 2. The molecule has 18 heavy (non-hydrogen) atoms. The molecule has 0 aromatic heterocycles. The second-order valence-electron chi connectivity index (χ2n) is 5.09. The Morgan fingerprint density at radius 3 is 2.72 bits per heavy atom. The molecule has 0 radical (unpaired) electrons. The topological polar surface area (TPSA) is 63.4 Å². The summed E-state index contributed by atoms with van der Waals surface area (Å²) in [6, 6.07) is 5.70. The number of rotatable bonds is 2. The number of carbonyl (C=O) groups excluding carboxylic acids is 2. The molecule has 1 heterocycles. The van der Waals surface area contributed by atoms with Crippen molar-refractivity contribution < 1.29 is 9.59 Å². The average Bonchev–Trinajstić information content (AvgIpc) is 2.63. The number of carbonyl (C=O) groups is 2. The van der Waals surface area contributed by atoms with Crippen LogP contribution in [0.1, 0.15) is 25.0 Å². The highest BCUT2D eigenvalue weighted by molar-refractivity contribution is 9.18. The summed E-state index contributed by atoms with van der Waals surface area (Å²) >= 11 is 2.83. The van der Waals surface area contributed by atoms with Crippen LogP contribution in [-0.2, 0) is 16.6 Å². The summed E-state index contributed by atoms with van der Waals surface area (Å²) < 4.78 is 0. The molecular formula is C13H15BrN2O2. The fraction of sp³-hybridized carbons (Fsp3) is 0.385. The van der Waals surface area contributed by atoms with Crippen LogP contribution in [0.3, 0.4) is 0 Å². The number of anilines is 1. The molecule has 0 saturated carbocycles. The van der Waals surface area contributed by atoms with E-state index in [1.807, 2.05) is 18.2 Å². The zero-order valence-electron chi connectivity index (χ0n) is 10.4. The fourth-order valence-electron chi connectivity index (χ4n) is 2.05. The van der Waals surface area contributed by atoms with Gasteiger partial charge >= 0.3 is 4.82 Å². The lowest BCUT2D eigenvalue weighted by molar-refractivity contribution is -0.116. The predicted octanol–water partition coefficient (Wildman–Crippen LogP) is 2.33. The van der Waals surface area contributed by atoms with Crippen molar-refractivity contribution in [3.05, 3.63) is 29.3 Å². The molecule has 96 valence electrons. The van der Waals surface area contributed by atoms with Gasteiger partial charge in [0.2, 0.25) is 5.91 Å². The summed E-state index contributed by atoms with van der Waals surface area (Å²) in [6.07, 6.45) is 0.265. The lowest BCUT2D eigenvalue weighted by atomic mass is 9.84. The molecule has 2 amide bonds. The molecule has 0 bridgehead atoms. The average molecular weight is 311 g/mol. The van der Waals surface area contributed by atoms with Gasteiger partial charge in [-0.3, -0.25) is 9.59 Å². The summed E-state index contributed by atoms with van der Waals surface area (Å²) in [5.41, 5.74) is 8.24. The van der Waals surface area contributed by atoms with E-state index in [0.29, 0.717) is 12.2 Å². The Morgan fingerprint density at radius 2 is 2.17 bits per heavy atom. The Balaban J connectivity index is 2.46. The van der Waals surface area contributed by atoms with Crippen molar-refractivity contribution in [3.8, 4) is 0 Å². The maximum atomic E-state index is 11.8. The van der Waals surface area contributed by atoms with Crippen molar-refractivity contribution >= 4 is 32.3 Å². The van der Waals surface area contributed by atoms with Gasteiger partial charge in [-0.05, 0) is 17.2 Å². The third-order valence-corrected chi connectivity index (χ3v) is 3.73. The van der Waals surface area contributed by atoms with Gasteiger partial charge in [0.05, 0.1) is 12.1 Å². The van der Waals surface area contributed by atoms with E-state index in [1.54, 1.807) is 0 Å². The van der Waals surface area contributed by atoms with Crippen LogP contribution in [0, 0.1) is 0 Å². The molecule has 0 saturated heterocycles. The third-order valence-electron chi connectivity index (χ3n) is 3.38. The van der Waals surface area contributed by atoms with Crippen LogP contribution in [0.5, 0.6) is 0 Å². The number of nitrogens with two attached hydrogens (primary N) is 1. The Bertz CT molecular complexity index is 526. The van der Waals surface area contributed by atoms with Crippen LogP contribution in [0.25, 0.3) is 0 Å². The normalized spacial score (nSPS) is 14.9. The second-order valence-corrected chi connectivity index (χ2v) is 5.77. The van der Waals surface area contributed by atoms with Crippen LogP contribution in [0.15, 0.2) is 18.2 Å². The van der Waals surface area contributed by atoms with E-state index in [0.717, 1.165) is 16.0 Å². The molecule has 0 fully saturated rings. The van der Waals surface area contributed by atoms with Gasteiger partial charge in [-0.1, -0.05) is 26.0 Å². The first-order valence-electron chi connectivity index (χ1n) is 5.72. The molecule has 0 aliphatic carbocycles. The molecule has 1 aliphatic heterocycles. The van der Waals surface area contributed by atoms with E-state index >= 15 is 0 Å². The first kappa shape index (κ1) is 13.2. The quantitative estimate of drug-likeness (QED) is 0.673. The molecule has 2 rings (SSSR count). The minimum absolute atomic E-state index is 0.135. The lowest BCUT2D eigenvalue weighted by Gasteiger charge is -2.24. The molecule has 0 atom stereocenters. The Hall–Kier alpha value is -1.20. The van der Waals surface area contributed by atoms with Gasteiger partial charge in [0.25, 0.3) is 0 Å². The molecular weight excluding hydrogens is 296 g/mol. The van der Waals surface area contributed by atoms with Crippen LogP contribution >= 0.6 is 15.9 Å². The van der Waals surface area contributed by atoms with Gasteiger partial charge in [0.1, 0.15) is 0 Å². The van der Waals surface area contributed by atoms with E-state index in [4.69, 9.17) is 5.73 Å². The van der Waals surface area contributed by atoms with Crippen molar-refractivity contribution in [2.24, 2.45) is 5.73 Å². The first-order valence-corrected chi connectivity index (χ1v) is 6.52. The van der Waals surface area contributed by atoms with Crippen LogP contribution < -0.4 is 10.6 Å². The summed E-state index contributed by atoms with van der Waals surface area (Å²) in [4.78, 5) is 23.9. The molecule has 1 aliphatic rings. The Labute approximate surface area is 114 Å². The van der Waals surface area contributed by atoms with E-state index < -0.39 is 4.82 Å². The van der Waals surface area contributed by atoms with Crippen molar-refractivity contribution in [2.75, 3.05) is 11.4 Å². The van der Waals surface area contributed by atoms with Gasteiger partial charge in [-0.15, -0.1) is 0 Å². The van der Waals surface area contributed by atoms with Crippen LogP contribution in [0.4, 0.5) is 10.5 Å². The predicted molar refractivity (Wildman–Crippen MR) is 74.0 cm³/mol. The molecule has 5 heteroatoms. The molecule has 2 N–H and O–H groups in total. The van der Waals surface area contributed by atoms with Crippen molar-refractivity contribution in [2.45, 2.75) is 25.7 Å². The van der Waals surface area contributed by atoms with Gasteiger partial charge < -0.3 is 5.73 Å². The molecule has 4 nitrogen and oxygen atoms in total. The van der Waals surface area contributed by atoms with E-state index in [-0.39, 0.29) is 17.7 Å². The number of halogens is 1. The van der Waals surface area contributed by atoms with Gasteiger partial charge in [0.15, 0.2) is 0 Å².